The van der Waals surface area contributed by atoms with Crippen LogP contribution in [0.4, 0.5) is 5.69 Å². The molecular weight excluding hydrogens is 312 g/mol. The molecule has 2 N–H and O–H groups in total. The molecule has 0 aromatic heterocycles. The van der Waals surface area contributed by atoms with E-state index in [1.54, 1.807) is 0 Å². The average Bonchev–Trinajstić information content (AvgIpc) is 2.88. The summed E-state index contributed by atoms with van der Waals surface area (Å²) in [4.78, 5) is 2.61. The summed E-state index contributed by atoms with van der Waals surface area (Å²) in [6.07, 6.45) is 5.36. The standard InChI is InChI=1S/C17H27BrN2/c1-12(2)11-20(15-6-4-5-7-15)17-10-14(18)8-9-16(17)13(3)19/h8-10,12-13,15H,4-7,11,19H2,1-3H3. The maximum atomic E-state index is 6.19. The van der Waals surface area contributed by atoms with Crippen LogP contribution in [0.25, 0.3) is 0 Å². The second-order valence-corrected chi connectivity index (χ2v) is 7.39. The Morgan fingerprint density at radius 2 is 1.90 bits per heavy atom. The largest absolute Gasteiger partial charge is 0.368 e. The first-order valence-corrected chi connectivity index (χ1v) is 8.60. The quantitative estimate of drug-likeness (QED) is 0.829. The summed E-state index contributed by atoms with van der Waals surface area (Å²) < 4.78 is 1.14. The molecule has 0 saturated heterocycles. The van der Waals surface area contributed by atoms with Gasteiger partial charge in [-0.1, -0.05) is 48.7 Å². The molecule has 2 nitrogen and oxygen atoms in total. The van der Waals surface area contributed by atoms with Crippen molar-refractivity contribution in [2.75, 3.05) is 11.4 Å². The van der Waals surface area contributed by atoms with E-state index in [2.05, 4.69) is 59.8 Å². The molecule has 3 heteroatoms. The molecule has 1 aliphatic rings. The maximum Gasteiger partial charge on any atom is 0.0428 e. The van der Waals surface area contributed by atoms with E-state index in [0.29, 0.717) is 12.0 Å². The number of nitrogens with two attached hydrogens (primary N) is 1. The van der Waals surface area contributed by atoms with Gasteiger partial charge in [0.05, 0.1) is 0 Å². The van der Waals surface area contributed by atoms with E-state index in [9.17, 15) is 0 Å². The highest BCUT2D eigenvalue weighted by molar-refractivity contribution is 9.10. The molecular formula is C17H27BrN2. The average molecular weight is 339 g/mol. The van der Waals surface area contributed by atoms with E-state index < -0.39 is 0 Å². The number of anilines is 1. The second kappa shape index (κ2) is 6.95. The summed E-state index contributed by atoms with van der Waals surface area (Å²) in [6.45, 7) is 7.78. The lowest BCUT2D eigenvalue weighted by Gasteiger charge is -2.35. The lowest BCUT2D eigenvalue weighted by atomic mass is 10.0. The summed E-state index contributed by atoms with van der Waals surface area (Å²) >= 11 is 3.62. The van der Waals surface area contributed by atoms with Gasteiger partial charge in [-0.15, -0.1) is 0 Å². The molecule has 0 aliphatic heterocycles. The number of hydrogen-bond acceptors (Lipinski definition) is 2. The van der Waals surface area contributed by atoms with E-state index >= 15 is 0 Å². The van der Waals surface area contributed by atoms with Gasteiger partial charge in [-0.3, -0.25) is 0 Å². The molecule has 20 heavy (non-hydrogen) atoms. The van der Waals surface area contributed by atoms with Crippen molar-refractivity contribution in [3.8, 4) is 0 Å². The molecule has 1 saturated carbocycles. The van der Waals surface area contributed by atoms with Crippen LogP contribution in [0.3, 0.4) is 0 Å². The van der Waals surface area contributed by atoms with Crippen LogP contribution >= 0.6 is 15.9 Å². The Kier molecular flexibility index (Phi) is 5.50. The maximum absolute atomic E-state index is 6.19. The molecule has 1 fully saturated rings. The van der Waals surface area contributed by atoms with Crippen molar-refractivity contribution in [2.45, 2.75) is 58.5 Å². The molecule has 112 valence electrons. The van der Waals surface area contributed by atoms with Crippen LogP contribution in [-0.2, 0) is 0 Å². The highest BCUT2D eigenvalue weighted by Gasteiger charge is 2.25. The van der Waals surface area contributed by atoms with Crippen LogP contribution in [0.15, 0.2) is 22.7 Å². The van der Waals surface area contributed by atoms with Gasteiger partial charge in [-0.2, -0.15) is 0 Å². The van der Waals surface area contributed by atoms with Crippen LogP contribution in [0.5, 0.6) is 0 Å². The zero-order valence-corrected chi connectivity index (χ0v) is 14.5. The SMILES string of the molecule is CC(C)CN(c1cc(Br)ccc1C(C)N)C1CCCC1. The summed E-state index contributed by atoms with van der Waals surface area (Å²) in [5.41, 5.74) is 8.78. The van der Waals surface area contributed by atoms with Crippen LogP contribution in [0, 0.1) is 5.92 Å². The van der Waals surface area contributed by atoms with Gasteiger partial charge < -0.3 is 10.6 Å². The van der Waals surface area contributed by atoms with E-state index in [1.807, 2.05) is 0 Å². The van der Waals surface area contributed by atoms with Crippen molar-refractivity contribution >= 4 is 21.6 Å². The van der Waals surface area contributed by atoms with Crippen molar-refractivity contribution in [2.24, 2.45) is 11.7 Å². The van der Waals surface area contributed by atoms with Crippen molar-refractivity contribution in [3.63, 3.8) is 0 Å². The summed E-state index contributed by atoms with van der Waals surface area (Å²) in [6, 6.07) is 7.29. The van der Waals surface area contributed by atoms with Gasteiger partial charge in [0.1, 0.15) is 0 Å². The van der Waals surface area contributed by atoms with Gasteiger partial charge >= 0.3 is 0 Å². The second-order valence-electron chi connectivity index (χ2n) is 6.48. The molecule has 1 atom stereocenters. The number of rotatable bonds is 5. The van der Waals surface area contributed by atoms with Crippen LogP contribution < -0.4 is 10.6 Å². The summed E-state index contributed by atoms with van der Waals surface area (Å²) in [7, 11) is 0. The van der Waals surface area contributed by atoms with Crippen molar-refractivity contribution in [1.82, 2.24) is 0 Å². The molecule has 1 aromatic carbocycles. The van der Waals surface area contributed by atoms with Gasteiger partial charge in [-0.05, 0) is 43.4 Å². The minimum Gasteiger partial charge on any atom is -0.368 e. The first-order chi connectivity index (χ1) is 9.49. The molecule has 1 aromatic rings. The Balaban J connectivity index is 2.38. The van der Waals surface area contributed by atoms with Crippen molar-refractivity contribution < 1.29 is 0 Å². The fraction of sp³-hybridized carbons (Fsp3) is 0.647. The first kappa shape index (κ1) is 15.8. The minimum absolute atomic E-state index is 0.0779. The lowest BCUT2D eigenvalue weighted by Crippen LogP contribution is -2.37. The van der Waals surface area contributed by atoms with Gasteiger partial charge in [0.15, 0.2) is 0 Å². The summed E-state index contributed by atoms with van der Waals surface area (Å²) in [5, 5.41) is 0. The number of benzene rings is 1. The van der Waals surface area contributed by atoms with Crippen LogP contribution in [0.1, 0.15) is 58.1 Å². The van der Waals surface area contributed by atoms with E-state index in [4.69, 9.17) is 5.73 Å². The zero-order valence-electron chi connectivity index (χ0n) is 12.9. The van der Waals surface area contributed by atoms with Crippen LogP contribution in [0.2, 0.25) is 0 Å². The van der Waals surface area contributed by atoms with Crippen LogP contribution in [-0.4, -0.2) is 12.6 Å². The Labute approximate surface area is 131 Å². The number of hydrogen-bond donors (Lipinski definition) is 1. The normalized spacial score (nSPS) is 17.7. The highest BCUT2D eigenvalue weighted by Crippen LogP contribution is 2.35. The highest BCUT2D eigenvalue weighted by atomic mass is 79.9. The Bertz CT molecular complexity index is 437. The minimum atomic E-state index is 0.0779. The van der Waals surface area contributed by atoms with E-state index in [1.165, 1.54) is 36.9 Å². The zero-order chi connectivity index (χ0) is 14.7. The third kappa shape index (κ3) is 3.76. The molecule has 0 spiro atoms. The van der Waals surface area contributed by atoms with Gasteiger partial charge in [0.2, 0.25) is 0 Å². The number of halogens is 1. The third-order valence-electron chi connectivity index (χ3n) is 4.12. The fourth-order valence-corrected chi connectivity index (χ4v) is 3.55. The summed E-state index contributed by atoms with van der Waals surface area (Å²) in [5.74, 6) is 0.663. The third-order valence-corrected chi connectivity index (χ3v) is 4.61. The van der Waals surface area contributed by atoms with Gasteiger partial charge in [0.25, 0.3) is 0 Å². The molecule has 1 unspecified atom stereocenters. The Hall–Kier alpha value is -0.540. The topological polar surface area (TPSA) is 29.3 Å². The van der Waals surface area contributed by atoms with Gasteiger partial charge in [0, 0.05) is 28.8 Å². The predicted octanol–water partition coefficient (Wildman–Crippen LogP) is 4.87. The molecule has 2 rings (SSSR count). The van der Waals surface area contributed by atoms with E-state index in [-0.39, 0.29) is 6.04 Å². The first-order valence-electron chi connectivity index (χ1n) is 7.80. The lowest BCUT2D eigenvalue weighted by molar-refractivity contribution is 0.533. The molecule has 0 radical (unpaired) electrons. The Morgan fingerprint density at radius 1 is 1.25 bits per heavy atom. The number of nitrogens with zero attached hydrogens (tertiary/aromatic N) is 1. The van der Waals surface area contributed by atoms with Crippen molar-refractivity contribution in [1.29, 1.82) is 0 Å². The monoisotopic (exact) mass is 338 g/mol. The molecule has 0 bridgehead atoms. The fourth-order valence-electron chi connectivity index (χ4n) is 3.20. The molecule has 1 aliphatic carbocycles. The van der Waals surface area contributed by atoms with E-state index in [0.717, 1.165) is 11.0 Å². The van der Waals surface area contributed by atoms with Gasteiger partial charge in [-0.25, -0.2) is 0 Å². The van der Waals surface area contributed by atoms with Crippen molar-refractivity contribution in [3.05, 3.63) is 28.2 Å². The molecule has 0 amide bonds. The predicted molar refractivity (Wildman–Crippen MR) is 91.2 cm³/mol. The molecule has 0 heterocycles. The smallest absolute Gasteiger partial charge is 0.0428 e. The Morgan fingerprint density at radius 3 is 2.45 bits per heavy atom.